The first kappa shape index (κ1) is 20.8. The molecular formula is C16H21ClN4O3S2. The highest BCUT2D eigenvalue weighted by Crippen LogP contribution is 2.29. The molecule has 0 aliphatic heterocycles. The van der Waals surface area contributed by atoms with Gasteiger partial charge in [0, 0.05) is 20.0 Å². The fourth-order valence-electron chi connectivity index (χ4n) is 2.30. The highest BCUT2D eigenvalue weighted by Gasteiger charge is 2.22. The molecule has 0 unspecified atom stereocenters. The summed E-state index contributed by atoms with van der Waals surface area (Å²) >= 11 is 7.40. The zero-order valence-corrected chi connectivity index (χ0v) is 17.4. The molecule has 0 aliphatic carbocycles. The summed E-state index contributed by atoms with van der Waals surface area (Å²) in [7, 11) is -0.825. The Morgan fingerprint density at radius 2 is 1.92 bits per heavy atom. The Bertz CT molecular complexity index is 893. The molecule has 1 heterocycles. The van der Waals surface area contributed by atoms with Gasteiger partial charge in [-0.25, -0.2) is 12.7 Å². The van der Waals surface area contributed by atoms with Crippen LogP contribution in [0.2, 0.25) is 5.02 Å². The van der Waals surface area contributed by atoms with Crippen LogP contribution in [0.4, 0.5) is 5.13 Å². The van der Waals surface area contributed by atoms with E-state index in [1.165, 1.54) is 43.6 Å². The fourth-order valence-corrected chi connectivity index (χ4v) is 4.44. The van der Waals surface area contributed by atoms with Crippen LogP contribution in [0.3, 0.4) is 0 Å². The molecule has 1 amide bonds. The van der Waals surface area contributed by atoms with Crippen LogP contribution in [0, 0.1) is 0 Å². The van der Waals surface area contributed by atoms with Crippen molar-refractivity contribution in [3.8, 4) is 0 Å². The minimum absolute atomic E-state index is 0.00738. The molecule has 0 fully saturated rings. The molecule has 1 aromatic heterocycles. The first-order valence-corrected chi connectivity index (χ1v) is 10.7. The van der Waals surface area contributed by atoms with Crippen LogP contribution in [0.1, 0.15) is 48.0 Å². The molecule has 1 aromatic carbocycles. The molecule has 1 N–H and O–H groups in total. The van der Waals surface area contributed by atoms with Gasteiger partial charge in [0.05, 0.1) is 15.5 Å². The Morgan fingerprint density at radius 1 is 1.27 bits per heavy atom. The van der Waals surface area contributed by atoms with E-state index in [2.05, 4.69) is 29.4 Å². The second-order valence-electron chi connectivity index (χ2n) is 5.84. The topological polar surface area (TPSA) is 92.3 Å². The number of sulfonamides is 1. The van der Waals surface area contributed by atoms with Gasteiger partial charge in [-0.15, -0.1) is 10.2 Å². The van der Waals surface area contributed by atoms with Crippen molar-refractivity contribution in [2.75, 3.05) is 19.4 Å². The van der Waals surface area contributed by atoms with Crippen LogP contribution in [0.5, 0.6) is 0 Å². The summed E-state index contributed by atoms with van der Waals surface area (Å²) < 4.78 is 25.6. The van der Waals surface area contributed by atoms with E-state index in [-0.39, 0.29) is 15.5 Å². The molecule has 142 valence electrons. The van der Waals surface area contributed by atoms with E-state index in [1.54, 1.807) is 0 Å². The first-order valence-electron chi connectivity index (χ1n) is 8.07. The van der Waals surface area contributed by atoms with Crippen molar-refractivity contribution in [3.63, 3.8) is 0 Å². The third-order valence-corrected chi connectivity index (χ3v) is 7.10. The summed E-state index contributed by atoms with van der Waals surface area (Å²) in [5.41, 5.74) is 0.0638. The van der Waals surface area contributed by atoms with Crippen molar-refractivity contribution in [1.29, 1.82) is 0 Å². The van der Waals surface area contributed by atoms with Crippen molar-refractivity contribution < 1.29 is 13.2 Å². The molecule has 0 spiro atoms. The van der Waals surface area contributed by atoms with Gasteiger partial charge in [0.1, 0.15) is 5.01 Å². The van der Waals surface area contributed by atoms with E-state index in [9.17, 15) is 13.2 Å². The van der Waals surface area contributed by atoms with E-state index in [4.69, 9.17) is 11.6 Å². The highest BCUT2D eigenvalue weighted by molar-refractivity contribution is 7.89. The summed E-state index contributed by atoms with van der Waals surface area (Å²) in [6, 6.07) is 4.02. The Kier molecular flexibility index (Phi) is 6.73. The average Bonchev–Trinajstić information content (AvgIpc) is 3.04. The van der Waals surface area contributed by atoms with Crippen LogP contribution in [0.25, 0.3) is 0 Å². The maximum Gasteiger partial charge on any atom is 0.259 e. The van der Waals surface area contributed by atoms with Gasteiger partial charge in [-0.1, -0.05) is 36.8 Å². The van der Waals surface area contributed by atoms with Crippen LogP contribution in [-0.2, 0) is 10.0 Å². The van der Waals surface area contributed by atoms with Gasteiger partial charge < -0.3 is 0 Å². The molecule has 0 saturated carbocycles. The maximum atomic E-state index is 12.5. The van der Waals surface area contributed by atoms with Crippen LogP contribution in [-0.4, -0.2) is 42.9 Å². The van der Waals surface area contributed by atoms with Gasteiger partial charge in [-0.3, -0.25) is 10.1 Å². The predicted molar refractivity (Wildman–Crippen MR) is 104 cm³/mol. The van der Waals surface area contributed by atoms with Gasteiger partial charge in [-0.05, 0) is 31.0 Å². The van der Waals surface area contributed by atoms with Gasteiger partial charge in [0.25, 0.3) is 5.91 Å². The van der Waals surface area contributed by atoms with E-state index < -0.39 is 15.9 Å². The number of carbonyl (C=O) groups excluding carboxylic acids is 1. The third-order valence-electron chi connectivity index (χ3n) is 3.96. The van der Waals surface area contributed by atoms with Crippen LogP contribution < -0.4 is 5.32 Å². The van der Waals surface area contributed by atoms with Gasteiger partial charge in [0.2, 0.25) is 15.2 Å². The van der Waals surface area contributed by atoms with Crippen LogP contribution in [0.15, 0.2) is 23.1 Å². The van der Waals surface area contributed by atoms with Gasteiger partial charge in [0.15, 0.2) is 0 Å². The number of rotatable bonds is 7. The molecule has 10 heteroatoms. The molecule has 26 heavy (non-hydrogen) atoms. The number of halogens is 1. The second-order valence-corrected chi connectivity index (χ2v) is 9.41. The lowest BCUT2D eigenvalue weighted by Crippen LogP contribution is -2.23. The number of anilines is 1. The van der Waals surface area contributed by atoms with E-state index >= 15 is 0 Å². The number of benzene rings is 1. The highest BCUT2D eigenvalue weighted by atomic mass is 35.5. The third kappa shape index (κ3) is 4.40. The Balaban J connectivity index is 2.28. The molecule has 7 nitrogen and oxygen atoms in total. The minimum Gasteiger partial charge on any atom is -0.296 e. The second kappa shape index (κ2) is 8.43. The van der Waals surface area contributed by atoms with Gasteiger partial charge in [-0.2, -0.15) is 0 Å². The zero-order chi connectivity index (χ0) is 19.5. The lowest BCUT2D eigenvalue weighted by Gasteiger charge is -2.12. The van der Waals surface area contributed by atoms with E-state index in [0.29, 0.717) is 11.0 Å². The monoisotopic (exact) mass is 416 g/mol. The summed E-state index contributed by atoms with van der Waals surface area (Å²) in [6.07, 6.45) is 1.88. The zero-order valence-electron chi connectivity index (χ0n) is 15.0. The fraction of sp³-hybridized carbons (Fsp3) is 0.438. The summed E-state index contributed by atoms with van der Waals surface area (Å²) in [4.78, 5) is 12.5. The molecule has 0 bridgehead atoms. The van der Waals surface area contributed by atoms with Crippen LogP contribution >= 0.6 is 22.9 Å². The standard InChI is InChI=1S/C16H21ClN4O3S2/c1-5-10(6-2)15-19-20-16(25-15)18-14(22)12-9-11(7-8-13(12)17)26(23,24)21(3)4/h7-10H,5-6H2,1-4H3,(H,18,20,22). The molecule has 0 atom stereocenters. The number of amides is 1. The normalized spacial score (nSPS) is 12.0. The van der Waals surface area contributed by atoms with E-state index in [1.807, 2.05) is 0 Å². The summed E-state index contributed by atoms with van der Waals surface area (Å²) in [6.45, 7) is 4.15. The quantitative estimate of drug-likeness (QED) is 0.744. The Hall–Kier alpha value is -1.55. The number of hydrogen-bond donors (Lipinski definition) is 1. The summed E-state index contributed by atoms with van der Waals surface area (Å²) in [5, 5.41) is 12.1. The molecule has 2 aromatic rings. The molecule has 0 saturated heterocycles. The van der Waals surface area contributed by atoms with Crippen molar-refractivity contribution in [2.45, 2.75) is 37.5 Å². The predicted octanol–water partition coefficient (Wildman–Crippen LogP) is 3.60. The molecular weight excluding hydrogens is 396 g/mol. The Morgan fingerprint density at radius 3 is 2.50 bits per heavy atom. The number of carbonyl (C=O) groups is 1. The number of hydrogen-bond acceptors (Lipinski definition) is 6. The molecule has 2 rings (SSSR count). The van der Waals surface area contributed by atoms with Crippen molar-refractivity contribution in [3.05, 3.63) is 33.8 Å². The smallest absolute Gasteiger partial charge is 0.259 e. The number of aromatic nitrogens is 2. The largest absolute Gasteiger partial charge is 0.296 e. The molecule has 0 radical (unpaired) electrons. The van der Waals surface area contributed by atoms with Gasteiger partial charge >= 0.3 is 0 Å². The summed E-state index contributed by atoms with van der Waals surface area (Å²) in [5.74, 6) is -0.228. The number of nitrogens with one attached hydrogen (secondary N) is 1. The first-order chi connectivity index (χ1) is 12.2. The number of nitrogens with zero attached hydrogens (tertiary/aromatic N) is 3. The SMILES string of the molecule is CCC(CC)c1nnc(NC(=O)c2cc(S(=O)(=O)N(C)C)ccc2Cl)s1. The minimum atomic E-state index is -3.67. The average molecular weight is 417 g/mol. The van der Waals surface area contributed by atoms with E-state index in [0.717, 1.165) is 22.2 Å². The van der Waals surface area contributed by atoms with Crippen molar-refractivity contribution >= 4 is 44.0 Å². The lowest BCUT2D eigenvalue weighted by molar-refractivity contribution is 0.102. The Labute approximate surface area is 162 Å². The molecule has 0 aliphatic rings. The van der Waals surface area contributed by atoms with Crippen molar-refractivity contribution in [2.24, 2.45) is 0 Å². The van der Waals surface area contributed by atoms with Crippen molar-refractivity contribution in [1.82, 2.24) is 14.5 Å². The lowest BCUT2D eigenvalue weighted by atomic mass is 10.1. The maximum absolute atomic E-state index is 12.5.